The average molecular weight is 472 g/mol. The molecule has 32 heavy (non-hydrogen) atoms. The van der Waals surface area contributed by atoms with E-state index in [4.69, 9.17) is 0 Å². The van der Waals surface area contributed by atoms with Crippen molar-refractivity contribution in [3.8, 4) is 0 Å². The SMILES string of the molecule is CC/C=C/CC/C=C/CC/C=C/C(O)C(CS(=O)(=O)O)NC(=O)CCCCCCCCC. The van der Waals surface area contributed by atoms with E-state index in [1.54, 1.807) is 6.08 Å². The molecule has 0 spiro atoms. The summed E-state index contributed by atoms with van der Waals surface area (Å²) in [6.07, 6.45) is 23.0. The lowest BCUT2D eigenvalue weighted by atomic mass is 10.1. The Balaban J connectivity index is 4.37. The van der Waals surface area contributed by atoms with E-state index in [1.807, 2.05) is 0 Å². The fourth-order valence-corrected chi connectivity index (χ4v) is 3.98. The molecule has 0 aliphatic carbocycles. The number of rotatable bonds is 20. The minimum absolute atomic E-state index is 0.282. The van der Waals surface area contributed by atoms with Gasteiger partial charge in [0.05, 0.1) is 17.9 Å². The highest BCUT2D eigenvalue weighted by molar-refractivity contribution is 7.85. The van der Waals surface area contributed by atoms with Crippen molar-refractivity contribution >= 4 is 16.0 Å². The van der Waals surface area contributed by atoms with Gasteiger partial charge in [0, 0.05) is 6.42 Å². The molecule has 0 saturated heterocycles. The van der Waals surface area contributed by atoms with Crippen LogP contribution in [0.3, 0.4) is 0 Å². The zero-order chi connectivity index (χ0) is 24.1. The third-order valence-corrected chi connectivity index (χ3v) is 5.84. The number of hydrogen-bond acceptors (Lipinski definition) is 4. The van der Waals surface area contributed by atoms with E-state index < -0.39 is 28.0 Å². The number of hydrogen-bond donors (Lipinski definition) is 3. The maximum absolute atomic E-state index is 12.2. The Morgan fingerprint density at radius 1 is 0.844 bits per heavy atom. The Labute approximate surface area is 196 Å². The summed E-state index contributed by atoms with van der Waals surface area (Å²) in [4.78, 5) is 12.2. The van der Waals surface area contributed by atoms with Crippen LogP contribution in [0.5, 0.6) is 0 Å². The van der Waals surface area contributed by atoms with Crippen molar-refractivity contribution in [2.75, 3.05) is 5.75 Å². The molecule has 6 nitrogen and oxygen atoms in total. The highest BCUT2D eigenvalue weighted by Crippen LogP contribution is 2.09. The molecule has 0 aromatic rings. The smallest absolute Gasteiger partial charge is 0.267 e. The van der Waals surface area contributed by atoms with Crippen molar-refractivity contribution in [1.29, 1.82) is 0 Å². The van der Waals surface area contributed by atoms with Crippen LogP contribution in [-0.2, 0) is 14.9 Å². The number of unbranched alkanes of at least 4 members (excludes halogenated alkanes) is 8. The van der Waals surface area contributed by atoms with Crippen LogP contribution in [0.25, 0.3) is 0 Å². The van der Waals surface area contributed by atoms with E-state index in [0.29, 0.717) is 6.42 Å². The van der Waals surface area contributed by atoms with Gasteiger partial charge in [-0.15, -0.1) is 0 Å². The van der Waals surface area contributed by atoms with Crippen molar-refractivity contribution in [2.24, 2.45) is 0 Å². The van der Waals surface area contributed by atoms with Gasteiger partial charge in [-0.05, 0) is 38.5 Å². The zero-order valence-corrected chi connectivity index (χ0v) is 20.9. The van der Waals surface area contributed by atoms with Crippen molar-refractivity contribution < 1.29 is 22.9 Å². The maximum atomic E-state index is 12.2. The first-order chi connectivity index (χ1) is 15.3. The molecule has 3 N–H and O–H groups in total. The van der Waals surface area contributed by atoms with Crippen LogP contribution >= 0.6 is 0 Å². The first kappa shape index (κ1) is 30.6. The largest absolute Gasteiger partial charge is 0.387 e. The van der Waals surface area contributed by atoms with Gasteiger partial charge in [0.2, 0.25) is 5.91 Å². The van der Waals surface area contributed by atoms with E-state index in [9.17, 15) is 22.9 Å². The lowest BCUT2D eigenvalue weighted by molar-refractivity contribution is -0.122. The molecular formula is C25H45NO5S. The topological polar surface area (TPSA) is 104 Å². The summed E-state index contributed by atoms with van der Waals surface area (Å²) >= 11 is 0. The Kier molecular flexibility index (Phi) is 19.3. The second kappa shape index (κ2) is 20.2. The van der Waals surface area contributed by atoms with Crippen LogP contribution in [0.2, 0.25) is 0 Å². The van der Waals surface area contributed by atoms with Crippen molar-refractivity contribution in [2.45, 2.75) is 109 Å². The van der Waals surface area contributed by atoms with Gasteiger partial charge in [0.15, 0.2) is 0 Å². The Bertz CT molecular complexity index is 655. The fraction of sp³-hybridized carbons (Fsp3) is 0.720. The number of allylic oxidation sites excluding steroid dienone is 5. The minimum Gasteiger partial charge on any atom is -0.387 e. The number of amides is 1. The number of nitrogens with one attached hydrogen (secondary N) is 1. The van der Waals surface area contributed by atoms with Crippen LogP contribution < -0.4 is 5.32 Å². The summed E-state index contributed by atoms with van der Waals surface area (Å²) in [6, 6.07) is -1.07. The first-order valence-electron chi connectivity index (χ1n) is 12.2. The lowest BCUT2D eigenvalue weighted by Gasteiger charge is -2.21. The summed E-state index contributed by atoms with van der Waals surface area (Å²) in [5, 5.41) is 12.9. The molecule has 0 aliphatic rings. The zero-order valence-electron chi connectivity index (χ0n) is 20.0. The van der Waals surface area contributed by atoms with Gasteiger partial charge >= 0.3 is 0 Å². The van der Waals surface area contributed by atoms with Crippen LogP contribution in [0.4, 0.5) is 0 Å². The van der Waals surface area contributed by atoms with Gasteiger partial charge in [-0.1, -0.05) is 88.8 Å². The van der Waals surface area contributed by atoms with Crippen molar-refractivity contribution in [3.63, 3.8) is 0 Å². The molecule has 186 valence electrons. The second-order valence-electron chi connectivity index (χ2n) is 8.22. The third kappa shape index (κ3) is 20.5. The molecule has 7 heteroatoms. The minimum atomic E-state index is -4.33. The van der Waals surface area contributed by atoms with E-state index in [2.05, 4.69) is 43.5 Å². The summed E-state index contributed by atoms with van der Waals surface area (Å²) in [7, 11) is -4.33. The van der Waals surface area contributed by atoms with Gasteiger partial charge in [0.1, 0.15) is 0 Å². The van der Waals surface area contributed by atoms with Gasteiger partial charge in [-0.25, -0.2) is 0 Å². The highest BCUT2D eigenvalue weighted by atomic mass is 32.2. The number of carbonyl (C=O) groups is 1. The third-order valence-electron chi connectivity index (χ3n) is 5.06. The normalized spacial score (nSPS) is 14.5. The van der Waals surface area contributed by atoms with E-state index in [1.165, 1.54) is 25.3 Å². The molecule has 0 radical (unpaired) electrons. The quantitative estimate of drug-likeness (QED) is 0.124. The molecule has 2 unspecified atom stereocenters. The Morgan fingerprint density at radius 2 is 1.38 bits per heavy atom. The van der Waals surface area contributed by atoms with Gasteiger partial charge in [0.25, 0.3) is 10.1 Å². The predicted molar refractivity (Wildman–Crippen MR) is 133 cm³/mol. The number of aliphatic hydroxyl groups is 1. The molecule has 0 fully saturated rings. The standard InChI is InChI=1S/C25H45NO5S/c1-3-5-7-9-11-12-13-15-16-18-20-24(27)23(22-32(29,30)31)26-25(28)21-19-17-14-10-8-6-4-2/h5,7,12-13,18,20,23-24,27H,3-4,6,8-11,14-17,19,21-22H2,1-2H3,(H,26,28)(H,29,30,31)/b7-5+,13-12+,20-18+. The summed E-state index contributed by atoms with van der Waals surface area (Å²) in [6.45, 7) is 4.28. The monoisotopic (exact) mass is 471 g/mol. The molecule has 0 aromatic carbocycles. The van der Waals surface area contributed by atoms with Gasteiger partial charge < -0.3 is 10.4 Å². The number of aliphatic hydroxyl groups excluding tert-OH is 1. The molecule has 0 aliphatic heterocycles. The lowest BCUT2D eigenvalue weighted by Crippen LogP contribution is -2.46. The predicted octanol–water partition coefficient (Wildman–Crippen LogP) is 5.50. The molecule has 0 rings (SSSR count). The Morgan fingerprint density at radius 3 is 1.94 bits per heavy atom. The Hall–Kier alpha value is -1.44. The van der Waals surface area contributed by atoms with Crippen LogP contribution in [0, 0.1) is 0 Å². The first-order valence-corrected chi connectivity index (χ1v) is 13.8. The number of carbonyl (C=O) groups excluding carboxylic acids is 1. The van der Waals surface area contributed by atoms with E-state index in [-0.39, 0.29) is 12.3 Å². The molecular weight excluding hydrogens is 426 g/mol. The summed E-state index contributed by atoms with van der Waals surface area (Å²) < 4.78 is 31.8. The highest BCUT2D eigenvalue weighted by Gasteiger charge is 2.24. The fourth-order valence-electron chi connectivity index (χ4n) is 3.25. The molecule has 0 saturated carbocycles. The van der Waals surface area contributed by atoms with Gasteiger partial charge in [-0.3, -0.25) is 9.35 Å². The summed E-state index contributed by atoms with van der Waals surface area (Å²) in [5.74, 6) is -1.02. The molecule has 0 bridgehead atoms. The van der Waals surface area contributed by atoms with Crippen LogP contribution in [-0.4, -0.2) is 41.9 Å². The van der Waals surface area contributed by atoms with Gasteiger partial charge in [-0.2, -0.15) is 8.42 Å². The van der Waals surface area contributed by atoms with Crippen LogP contribution in [0.1, 0.15) is 97.3 Å². The van der Waals surface area contributed by atoms with E-state index in [0.717, 1.165) is 51.4 Å². The van der Waals surface area contributed by atoms with E-state index >= 15 is 0 Å². The molecule has 0 aromatic heterocycles. The summed E-state index contributed by atoms with van der Waals surface area (Å²) in [5.41, 5.74) is 0. The molecule has 2 atom stereocenters. The second-order valence-corrected chi connectivity index (χ2v) is 9.72. The molecule has 0 heterocycles. The van der Waals surface area contributed by atoms with Crippen molar-refractivity contribution in [1.82, 2.24) is 5.32 Å². The molecule has 1 amide bonds. The van der Waals surface area contributed by atoms with Crippen LogP contribution in [0.15, 0.2) is 36.5 Å². The maximum Gasteiger partial charge on any atom is 0.267 e. The average Bonchev–Trinajstić information content (AvgIpc) is 2.72. The van der Waals surface area contributed by atoms with Crippen molar-refractivity contribution in [3.05, 3.63) is 36.5 Å².